The number of aromatic hydroxyl groups is 1. The lowest BCUT2D eigenvalue weighted by atomic mass is 10.1. The number of phenols is 1. The van der Waals surface area contributed by atoms with Crippen LogP contribution in [0.2, 0.25) is 0 Å². The molecule has 0 aliphatic heterocycles. The van der Waals surface area contributed by atoms with Crippen LogP contribution in [0.3, 0.4) is 0 Å². The normalized spacial score (nSPS) is 11.5. The fourth-order valence-electron chi connectivity index (χ4n) is 1.22. The van der Waals surface area contributed by atoms with Gasteiger partial charge in [-0.3, -0.25) is 14.4 Å². The van der Waals surface area contributed by atoms with E-state index in [0.29, 0.717) is 0 Å². The Hall–Kier alpha value is -2.37. The van der Waals surface area contributed by atoms with Gasteiger partial charge < -0.3 is 16.2 Å². The maximum absolute atomic E-state index is 11.6. The number of hydrogen-bond donors (Lipinski definition) is 3. The first-order chi connectivity index (χ1) is 8.04. The lowest BCUT2D eigenvalue weighted by molar-refractivity contribution is -0.118. The van der Waals surface area contributed by atoms with Gasteiger partial charge in [-0.2, -0.15) is 0 Å². The number of carbonyl (C=O) groups excluding carboxylic acids is 3. The fraction of sp³-hybridized carbons (Fsp3) is 0.182. The Morgan fingerprint density at radius 3 is 2.59 bits per heavy atom. The van der Waals surface area contributed by atoms with Crippen molar-refractivity contribution in [1.82, 2.24) is 5.32 Å². The number of nitrogens with two attached hydrogens (primary N) is 1. The molecular weight excluding hydrogens is 224 g/mol. The van der Waals surface area contributed by atoms with E-state index in [9.17, 15) is 19.5 Å². The molecule has 0 fully saturated rings. The van der Waals surface area contributed by atoms with Crippen molar-refractivity contribution in [2.75, 3.05) is 0 Å². The van der Waals surface area contributed by atoms with Crippen LogP contribution < -0.4 is 11.1 Å². The highest BCUT2D eigenvalue weighted by Gasteiger charge is 2.17. The Morgan fingerprint density at radius 1 is 1.41 bits per heavy atom. The van der Waals surface area contributed by atoms with Crippen LogP contribution in [0, 0.1) is 0 Å². The van der Waals surface area contributed by atoms with Crippen LogP contribution in [0.1, 0.15) is 16.8 Å². The average molecular weight is 235 g/mol. The second-order valence-electron chi connectivity index (χ2n) is 3.33. The first kappa shape index (κ1) is 12.7. The number of hydrogen-bond acceptors (Lipinski definition) is 4. The molecule has 2 amide bonds. The summed E-state index contributed by atoms with van der Waals surface area (Å²) in [4.78, 5) is 32.7. The van der Waals surface area contributed by atoms with Crippen LogP contribution in [-0.4, -0.2) is 29.2 Å². The lowest BCUT2D eigenvalue weighted by Crippen LogP contribution is -2.38. The molecule has 6 nitrogen and oxygen atoms in total. The van der Waals surface area contributed by atoms with Gasteiger partial charge in [-0.1, -0.05) is 12.1 Å². The summed E-state index contributed by atoms with van der Waals surface area (Å²) in [5, 5.41) is 11.6. The van der Waals surface area contributed by atoms with Crippen LogP contribution in [0.4, 0.5) is 0 Å². The van der Waals surface area contributed by atoms with Crippen molar-refractivity contribution in [3.8, 4) is 5.75 Å². The van der Waals surface area contributed by atoms with Gasteiger partial charge in [0, 0.05) is 0 Å². The number of rotatable bonds is 5. The van der Waals surface area contributed by atoms with Crippen molar-refractivity contribution in [2.45, 2.75) is 12.5 Å². The third-order valence-corrected chi connectivity index (χ3v) is 2.00. The summed E-state index contributed by atoms with van der Waals surface area (Å²) in [6.45, 7) is 0. The lowest BCUT2D eigenvalue weighted by Gasteiger charge is -2.10. The molecule has 1 atom stereocenters. The second kappa shape index (κ2) is 5.64. The summed E-state index contributed by atoms with van der Waals surface area (Å²) in [5.74, 6) is -1.61. The summed E-state index contributed by atoms with van der Waals surface area (Å²) in [6.07, 6.45) is 1.16. The van der Waals surface area contributed by atoms with E-state index >= 15 is 0 Å². The number of para-hydroxylation sites is 1. The Bertz CT molecular complexity index is 445. The van der Waals surface area contributed by atoms with Gasteiger partial charge >= 0.3 is 0 Å². The van der Waals surface area contributed by atoms with Crippen LogP contribution in [0.15, 0.2) is 24.3 Å². The number of benzene rings is 1. The Morgan fingerprint density at radius 2 is 2.06 bits per heavy atom. The largest absolute Gasteiger partial charge is 0.507 e. The molecule has 0 heterocycles. The summed E-state index contributed by atoms with van der Waals surface area (Å²) in [5.41, 5.74) is 4.91. The van der Waals surface area contributed by atoms with Gasteiger partial charge in [-0.05, 0) is 12.1 Å². The maximum Gasteiger partial charge on any atom is 0.255 e. The molecule has 17 heavy (non-hydrogen) atoms. The van der Waals surface area contributed by atoms with E-state index < -0.39 is 17.9 Å². The molecule has 0 saturated heterocycles. The standard InChI is InChI=1S/C11H11N2O4/c12-10(16)5-7(6-14)13-11(17)8-3-1-2-4-9(8)15/h1-4,7,15H,5H2,(H2,12,16)(H,13,17)/t7-/m1/s1. The van der Waals surface area contributed by atoms with Gasteiger partial charge in [0.15, 0.2) is 0 Å². The Kier molecular flexibility index (Phi) is 4.21. The third-order valence-electron chi connectivity index (χ3n) is 2.00. The zero-order valence-electron chi connectivity index (χ0n) is 8.84. The zero-order chi connectivity index (χ0) is 12.8. The van der Waals surface area contributed by atoms with E-state index in [1.165, 1.54) is 18.4 Å². The van der Waals surface area contributed by atoms with E-state index in [1.54, 1.807) is 12.1 Å². The van der Waals surface area contributed by atoms with Crippen molar-refractivity contribution in [3.63, 3.8) is 0 Å². The number of primary amides is 1. The van der Waals surface area contributed by atoms with Crippen molar-refractivity contribution >= 4 is 18.1 Å². The van der Waals surface area contributed by atoms with Crippen LogP contribution >= 0.6 is 0 Å². The smallest absolute Gasteiger partial charge is 0.255 e. The highest BCUT2D eigenvalue weighted by molar-refractivity contribution is 5.98. The van der Waals surface area contributed by atoms with E-state index in [0.717, 1.165) is 0 Å². The molecule has 1 aromatic carbocycles. The molecule has 89 valence electrons. The SMILES string of the molecule is NC(=O)C[C@H]([C]=O)NC(=O)c1ccccc1O. The summed E-state index contributed by atoms with van der Waals surface area (Å²) >= 11 is 0. The number of amides is 2. The van der Waals surface area contributed by atoms with E-state index in [4.69, 9.17) is 5.73 Å². The van der Waals surface area contributed by atoms with E-state index in [-0.39, 0.29) is 17.7 Å². The van der Waals surface area contributed by atoms with Crippen molar-refractivity contribution < 1.29 is 19.5 Å². The first-order valence-electron chi connectivity index (χ1n) is 4.79. The zero-order valence-corrected chi connectivity index (χ0v) is 8.84. The summed E-state index contributed by atoms with van der Waals surface area (Å²) in [7, 11) is 0. The molecule has 0 bridgehead atoms. The molecule has 0 unspecified atom stereocenters. The highest BCUT2D eigenvalue weighted by Crippen LogP contribution is 2.15. The number of phenolic OH excluding ortho intramolecular Hbond substituents is 1. The highest BCUT2D eigenvalue weighted by atomic mass is 16.3. The predicted molar refractivity (Wildman–Crippen MR) is 58.9 cm³/mol. The Labute approximate surface area is 97.4 Å². The molecular formula is C11H11N2O4. The maximum atomic E-state index is 11.6. The number of carbonyl (C=O) groups is 2. The van der Waals surface area contributed by atoms with Crippen LogP contribution in [0.5, 0.6) is 5.75 Å². The van der Waals surface area contributed by atoms with Crippen molar-refractivity contribution in [2.24, 2.45) is 5.73 Å². The van der Waals surface area contributed by atoms with Crippen LogP contribution in [0.25, 0.3) is 0 Å². The third kappa shape index (κ3) is 3.60. The average Bonchev–Trinajstić information content (AvgIpc) is 2.27. The van der Waals surface area contributed by atoms with Gasteiger partial charge in [0.05, 0.1) is 12.0 Å². The van der Waals surface area contributed by atoms with E-state index in [1.807, 2.05) is 0 Å². The monoisotopic (exact) mass is 235 g/mol. The minimum Gasteiger partial charge on any atom is -0.507 e. The van der Waals surface area contributed by atoms with Crippen molar-refractivity contribution in [1.29, 1.82) is 0 Å². The van der Waals surface area contributed by atoms with Gasteiger partial charge in [-0.15, -0.1) is 0 Å². The molecule has 0 aromatic heterocycles. The molecule has 0 aliphatic carbocycles. The molecule has 1 aromatic rings. The Balaban J connectivity index is 2.74. The molecule has 0 saturated carbocycles. The molecule has 1 rings (SSSR count). The topological polar surface area (TPSA) is 109 Å². The van der Waals surface area contributed by atoms with Gasteiger partial charge in [0.25, 0.3) is 5.91 Å². The number of nitrogens with one attached hydrogen (secondary N) is 1. The fourth-order valence-corrected chi connectivity index (χ4v) is 1.22. The molecule has 4 N–H and O–H groups in total. The molecule has 1 radical (unpaired) electrons. The molecule has 0 spiro atoms. The van der Waals surface area contributed by atoms with Crippen LogP contribution in [-0.2, 0) is 9.59 Å². The minimum absolute atomic E-state index is 0.0113. The minimum atomic E-state index is -1.11. The quantitative estimate of drug-likeness (QED) is 0.637. The van der Waals surface area contributed by atoms with Gasteiger partial charge in [-0.25, -0.2) is 0 Å². The predicted octanol–water partition coefficient (Wildman–Crippen LogP) is -0.524. The van der Waals surface area contributed by atoms with Gasteiger partial charge in [0.1, 0.15) is 11.8 Å². The molecule has 0 aliphatic rings. The van der Waals surface area contributed by atoms with Gasteiger partial charge in [0.2, 0.25) is 12.2 Å². The first-order valence-corrected chi connectivity index (χ1v) is 4.79. The molecule has 6 heteroatoms. The second-order valence-corrected chi connectivity index (χ2v) is 3.33. The van der Waals surface area contributed by atoms with E-state index in [2.05, 4.69) is 5.32 Å². The summed E-state index contributed by atoms with van der Waals surface area (Å²) in [6, 6.07) is 4.72. The summed E-state index contributed by atoms with van der Waals surface area (Å²) < 4.78 is 0. The van der Waals surface area contributed by atoms with Crippen molar-refractivity contribution in [3.05, 3.63) is 29.8 Å².